The van der Waals surface area contributed by atoms with Gasteiger partial charge in [0.15, 0.2) is 10.9 Å². The van der Waals surface area contributed by atoms with Crippen LogP contribution in [0, 0.1) is 5.41 Å². The molecule has 0 aromatic heterocycles. The van der Waals surface area contributed by atoms with Crippen LogP contribution in [0.4, 0.5) is 5.69 Å². The molecule has 1 aliphatic heterocycles. The number of nitrogens with one attached hydrogen (secondary N) is 1. The molecule has 3 rings (SSSR count). The zero-order valence-corrected chi connectivity index (χ0v) is 19.0. The SMILES string of the molecule is CC(=NCCN1CCN(C(=S)Nc2ccccc2)CC1)C1=C(O)CC(C)(C)CC1=O. The van der Waals surface area contributed by atoms with E-state index in [0.29, 0.717) is 30.7 Å². The summed E-state index contributed by atoms with van der Waals surface area (Å²) < 4.78 is 0. The third kappa shape index (κ3) is 5.89. The number of aliphatic imine (C=N–C) groups is 1. The van der Waals surface area contributed by atoms with Crippen LogP contribution >= 0.6 is 12.2 Å². The lowest BCUT2D eigenvalue weighted by atomic mass is 9.76. The molecule has 2 N–H and O–H groups in total. The molecule has 0 amide bonds. The van der Waals surface area contributed by atoms with E-state index in [0.717, 1.165) is 43.5 Å². The van der Waals surface area contributed by atoms with Crippen LogP contribution < -0.4 is 5.32 Å². The highest BCUT2D eigenvalue weighted by molar-refractivity contribution is 7.80. The Bertz CT molecular complexity index is 840. The molecule has 0 bridgehead atoms. The Morgan fingerprint density at radius 3 is 2.47 bits per heavy atom. The number of Topliss-reactive ketones (excluding diaryl/α,β-unsaturated/α-hetero) is 1. The van der Waals surface area contributed by atoms with E-state index in [1.54, 1.807) is 0 Å². The van der Waals surface area contributed by atoms with E-state index in [-0.39, 0.29) is 17.0 Å². The van der Waals surface area contributed by atoms with Gasteiger partial charge in [-0.2, -0.15) is 0 Å². The molecule has 30 heavy (non-hydrogen) atoms. The second-order valence-corrected chi connectivity index (χ2v) is 9.24. The van der Waals surface area contributed by atoms with Gasteiger partial charge in [-0.05, 0) is 36.7 Å². The fourth-order valence-electron chi connectivity index (χ4n) is 4.04. The summed E-state index contributed by atoms with van der Waals surface area (Å²) >= 11 is 5.54. The minimum atomic E-state index is -0.180. The zero-order valence-electron chi connectivity index (χ0n) is 18.1. The van der Waals surface area contributed by atoms with E-state index >= 15 is 0 Å². The number of aliphatic hydroxyl groups is 1. The standard InChI is InChI=1S/C23H32N4O2S/c1-17(21-19(28)15-23(2,3)16-20(21)29)24-9-10-26-11-13-27(14-12-26)22(30)25-18-7-5-4-6-8-18/h4-8,28H,9-16H2,1-3H3,(H,25,30). The van der Waals surface area contributed by atoms with Gasteiger partial charge >= 0.3 is 0 Å². The molecule has 7 heteroatoms. The van der Waals surface area contributed by atoms with Crippen molar-refractivity contribution in [3.8, 4) is 0 Å². The third-order valence-electron chi connectivity index (χ3n) is 5.66. The second-order valence-electron chi connectivity index (χ2n) is 8.85. The van der Waals surface area contributed by atoms with E-state index in [1.165, 1.54) is 0 Å². The number of hydrogen-bond donors (Lipinski definition) is 2. The minimum Gasteiger partial charge on any atom is -0.511 e. The number of aliphatic hydroxyl groups excluding tert-OH is 1. The smallest absolute Gasteiger partial charge is 0.173 e. The average molecular weight is 429 g/mol. The molecule has 1 aliphatic carbocycles. The number of piperazine rings is 1. The number of anilines is 1. The summed E-state index contributed by atoms with van der Waals surface area (Å²) in [7, 11) is 0. The molecule has 6 nitrogen and oxygen atoms in total. The molecular weight excluding hydrogens is 396 g/mol. The second kappa shape index (κ2) is 9.71. The molecule has 1 aromatic rings. The van der Waals surface area contributed by atoms with Crippen molar-refractivity contribution < 1.29 is 9.90 Å². The number of carbonyl (C=O) groups is 1. The molecule has 162 valence electrons. The maximum absolute atomic E-state index is 12.4. The minimum absolute atomic E-state index is 0.00181. The van der Waals surface area contributed by atoms with Gasteiger partial charge in [-0.15, -0.1) is 0 Å². The molecule has 1 saturated heterocycles. The van der Waals surface area contributed by atoms with Gasteiger partial charge in [0.1, 0.15) is 5.76 Å². The molecular formula is C23H32N4O2S. The van der Waals surface area contributed by atoms with Crippen LogP contribution in [-0.4, -0.2) is 70.8 Å². The highest BCUT2D eigenvalue weighted by Gasteiger charge is 2.34. The molecule has 2 aliphatic rings. The van der Waals surface area contributed by atoms with Crippen molar-refractivity contribution in [2.24, 2.45) is 10.4 Å². The number of para-hydroxylation sites is 1. The highest BCUT2D eigenvalue weighted by atomic mass is 32.1. The predicted octanol–water partition coefficient (Wildman–Crippen LogP) is 3.66. The van der Waals surface area contributed by atoms with Gasteiger partial charge in [-0.3, -0.25) is 14.7 Å². The van der Waals surface area contributed by atoms with Gasteiger partial charge in [-0.1, -0.05) is 32.0 Å². The number of ketones is 1. The summed E-state index contributed by atoms with van der Waals surface area (Å²) in [4.78, 5) is 21.6. The summed E-state index contributed by atoms with van der Waals surface area (Å²) in [5, 5.41) is 14.4. The monoisotopic (exact) mass is 428 g/mol. The van der Waals surface area contributed by atoms with Crippen LogP contribution in [0.5, 0.6) is 0 Å². The van der Waals surface area contributed by atoms with Gasteiger partial charge < -0.3 is 15.3 Å². The Morgan fingerprint density at radius 2 is 1.83 bits per heavy atom. The van der Waals surface area contributed by atoms with Crippen molar-refractivity contribution in [1.82, 2.24) is 9.80 Å². The third-order valence-corrected chi connectivity index (χ3v) is 6.02. The fraction of sp³-hybridized carbons (Fsp3) is 0.522. The number of nitrogens with zero attached hydrogens (tertiary/aromatic N) is 3. The summed E-state index contributed by atoms with van der Waals surface area (Å²) in [5.74, 6) is 0.184. The molecule has 0 unspecified atom stereocenters. The fourth-order valence-corrected chi connectivity index (χ4v) is 4.34. The Balaban J connectivity index is 1.45. The van der Waals surface area contributed by atoms with Crippen molar-refractivity contribution in [2.45, 2.75) is 33.6 Å². The lowest BCUT2D eigenvalue weighted by Crippen LogP contribution is -2.50. The number of hydrogen-bond acceptors (Lipinski definition) is 5. The van der Waals surface area contributed by atoms with Crippen LogP contribution in [0.25, 0.3) is 0 Å². The van der Waals surface area contributed by atoms with E-state index in [1.807, 2.05) is 51.1 Å². The van der Waals surface area contributed by atoms with Crippen molar-refractivity contribution in [1.29, 1.82) is 0 Å². The van der Waals surface area contributed by atoms with E-state index in [4.69, 9.17) is 12.2 Å². The molecule has 0 spiro atoms. The predicted molar refractivity (Wildman–Crippen MR) is 126 cm³/mol. The van der Waals surface area contributed by atoms with E-state index < -0.39 is 0 Å². The van der Waals surface area contributed by atoms with Gasteiger partial charge in [0.05, 0.1) is 12.1 Å². The van der Waals surface area contributed by atoms with Crippen LogP contribution in [-0.2, 0) is 4.79 Å². The lowest BCUT2D eigenvalue weighted by molar-refractivity contribution is -0.117. The van der Waals surface area contributed by atoms with Crippen molar-refractivity contribution >= 4 is 34.5 Å². The summed E-state index contributed by atoms with van der Waals surface area (Å²) in [6.45, 7) is 10.9. The maximum Gasteiger partial charge on any atom is 0.173 e. The number of carbonyl (C=O) groups excluding carboxylic acids is 1. The summed E-state index contributed by atoms with van der Waals surface area (Å²) in [6, 6.07) is 9.98. The largest absolute Gasteiger partial charge is 0.511 e. The number of thiocarbonyl (C=S) groups is 1. The molecule has 1 aromatic carbocycles. The Morgan fingerprint density at radius 1 is 1.17 bits per heavy atom. The number of benzene rings is 1. The molecule has 0 atom stereocenters. The first-order chi connectivity index (χ1) is 14.2. The summed E-state index contributed by atoms with van der Waals surface area (Å²) in [5.41, 5.74) is 1.91. The first-order valence-electron chi connectivity index (χ1n) is 10.6. The van der Waals surface area contributed by atoms with Crippen LogP contribution in [0.2, 0.25) is 0 Å². The molecule has 0 saturated carbocycles. The van der Waals surface area contributed by atoms with E-state index in [2.05, 4.69) is 20.1 Å². The molecule has 1 heterocycles. The molecule has 0 radical (unpaired) electrons. The number of allylic oxidation sites excluding steroid dienone is 2. The highest BCUT2D eigenvalue weighted by Crippen LogP contribution is 2.36. The Kier molecular flexibility index (Phi) is 7.26. The van der Waals surface area contributed by atoms with Crippen LogP contribution in [0.15, 0.2) is 46.7 Å². The van der Waals surface area contributed by atoms with Crippen LogP contribution in [0.3, 0.4) is 0 Å². The first kappa shape index (κ1) is 22.4. The lowest BCUT2D eigenvalue weighted by Gasteiger charge is -2.36. The maximum atomic E-state index is 12.4. The van der Waals surface area contributed by atoms with Crippen molar-refractivity contribution in [3.63, 3.8) is 0 Å². The quantitative estimate of drug-likeness (QED) is 0.551. The van der Waals surface area contributed by atoms with Gasteiger partial charge in [0, 0.05) is 57.0 Å². The van der Waals surface area contributed by atoms with Crippen molar-refractivity contribution in [2.75, 3.05) is 44.6 Å². The first-order valence-corrected chi connectivity index (χ1v) is 11.0. The van der Waals surface area contributed by atoms with Crippen molar-refractivity contribution in [3.05, 3.63) is 41.7 Å². The van der Waals surface area contributed by atoms with Crippen LogP contribution in [0.1, 0.15) is 33.6 Å². The Labute approximate surface area is 184 Å². The van der Waals surface area contributed by atoms with E-state index in [9.17, 15) is 9.90 Å². The average Bonchev–Trinajstić information content (AvgIpc) is 2.67. The zero-order chi connectivity index (χ0) is 21.7. The van der Waals surface area contributed by atoms with Gasteiger partial charge in [0.25, 0.3) is 0 Å². The Hall–Kier alpha value is -2.25. The number of rotatable bonds is 5. The normalized spacial score (nSPS) is 20.4. The summed E-state index contributed by atoms with van der Waals surface area (Å²) in [6.07, 6.45) is 0.984. The molecule has 1 fully saturated rings. The topological polar surface area (TPSA) is 68.2 Å². The van der Waals surface area contributed by atoms with Gasteiger partial charge in [-0.25, -0.2) is 0 Å². The van der Waals surface area contributed by atoms with Gasteiger partial charge in [0.2, 0.25) is 0 Å².